The number of carboxylic acids is 1. The predicted octanol–water partition coefficient (Wildman–Crippen LogP) is 1.15. The van der Waals surface area contributed by atoms with Crippen molar-refractivity contribution in [2.24, 2.45) is 11.8 Å². The van der Waals surface area contributed by atoms with E-state index >= 15 is 0 Å². The second-order valence-corrected chi connectivity index (χ2v) is 5.89. The van der Waals surface area contributed by atoms with Crippen LogP contribution in [0.25, 0.3) is 0 Å². The van der Waals surface area contributed by atoms with Gasteiger partial charge in [0, 0.05) is 0 Å². The Morgan fingerprint density at radius 3 is 2.47 bits per heavy atom. The quantitative estimate of drug-likeness (QED) is 0.717. The van der Waals surface area contributed by atoms with Gasteiger partial charge in [0.25, 0.3) is 10.1 Å². The van der Waals surface area contributed by atoms with Gasteiger partial charge < -0.3 is 5.11 Å². The van der Waals surface area contributed by atoms with E-state index in [4.69, 9.17) is 9.66 Å². The van der Waals surface area contributed by atoms with Crippen molar-refractivity contribution in [3.63, 3.8) is 0 Å². The zero-order valence-corrected chi connectivity index (χ0v) is 9.40. The third kappa shape index (κ3) is 3.17. The molecule has 0 aromatic rings. The molecule has 0 aliphatic heterocycles. The third-order valence-electron chi connectivity index (χ3n) is 3.18. The van der Waals surface area contributed by atoms with Crippen molar-refractivity contribution in [2.45, 2.75) is 37.9 Å². The van der Waals surface area contributed by atoms with E-state index in [9.17, 15) is 13.2 Å². The summed E-state index contributed by atoms with van der Waals surface area (Å²) in [5.41, 5.74) is 0. The molecule has 1 rings (SSSR count). The molecule has 5 nitrogen and oxygen atoms in total. The molecule has 3 atom stereocenters. The summed E-state index contributed by atoms with van der Waals surface area (Å²) < 4.78 is 30.8. The molecule has 0 saturated heterocycles. The fourth-order valence-electron chi connectivity index (χ4n) is 2.11. The lowest BCUT2D eigenvalue weighted by Gasteiger charge is -2.29. The monoisotopic (exact) mass is 236 g/mol. The molecule has 0 aromatic heterocycles. The largest absolute Gasteiger partial charge is 0.481 e. The number of hydrogen-bond donors (Lipinski definition) is 2. The zero-order valence-electron chi connectivity index (χ0n) is 8.59. The van der Waals surface area contributed by atoms with Crippen LogP contribution < -0.4 is 0 Å². The van der Waals surface area contributed by atoms with Crippen molar-refractivity contribution in [1.82, 2.24) is 0 Å². The summed E-state index contributed by atoms with van der Waals surface area (Å²) in [5.74, 6) is -1.60. The standard InChI is InChI=1S/C9H16O5S/c1-6(9(10)11)7-3-2-4-8(5-7)15(12,13)14/h6-8H,2-5H2,1H3,(H,10,11)(H,12,13,14). The smallest absolute Gasteiger partial charge is 0.306 e. The van der Waals surface area contributed by atoms with Gasteiger partial charge >= 0.3 is 5.97 Å². The van der Waals surface area contributed by atoms with Crippen LogP contribution in [0.2, 0.25) is 0 Å². The van der Waals surface area contributed by atoms with Crippen LogP contribution in [0.3, 0.4) is 0 Å². The zero-order chi connectivity index (χ0) is 11.6. The van der Waals surface area contributed by atoms with E-state index in [1.807, 2.05) is 0 Å². The van der Waals surface area contributed by atoms with Gasteiger partial charge in [-0.1, -0.05) is 13.3 Å². The van der Waals surface area contributed by atoms with Crippen LogP contribution in [0, 0.1) is 11.8 Å². The number of rotatable bonds is 3. The molecule has 2 N–H and O–H groups in total. The highest BCUT2D eigenvalue weighted by Crippen LogP contribution is 2.33. The first-order valence-corrected chi connectivity index (χ1v) is 6.51. The molecule has 1 saturated carbocycles. The fourth-order valence-corrected chi connectivity index (χ4v) is 3.06. The maximum atomic E-state index is 10.9. The summed E-state index contributed by atoms with van der Waals surface area (Å²) in [4.78, 5) is 10.7. The summed E-state index contributed by atoms with van der Waals surface area (Å²) in [6.07, 6.45) is 2.07. The van der Waals surface area contributed by atoms with E-state index in [1.165, 1.54) is 0 Å². The van der Waals surface area contributed by atoms with Crippen LogP contribution in [-0.4, -0.2) is 29.3 Å². The summed E-state index contributed by atoms with van der Waals surface area (Å²) in [6.45, 7) is 1.58. The molecule has 0 heterocycles. The first kappa shape index (κ1) is 12.4. The molecular formula is C9H16O5S. The van der Waals surface area contributed by atoms with Crippen LogP contribution in [0.1, 0.15) is 32.6 Å². The van der Waals surface area contributed by atoms with Crippen molar-refractivity contribution in [3.05, 3.63) is 0 Å². The maximum Gasteiger partial charge on any atom is 0.306 e. The molecule has 0 radical (unpaired) electrons. The van der Waals surface area contributed by atoms with E-state index in [2.05, 4.69) is 0 Å². The number of carbonyl (C=O) groups is 1. The average molecular weight is 236 g/mol. The first-order valence-electron chi connectivity index (χ1n) is 5.01. The van der Waals surface area contributed by atoms with Gasteiger partial charge in [-0.3, -0.25) is 9.35 Å². The highest BCUT2D eigenvalue weighted by Gasteiger charge is 2.34. The van der Waals surface area contributed by atoms with E-state index in [0.717, 1.165) is 6.42 Å². The topological polar surface area (TPSA) is 91.7 Å². The third-order valence-corrected chi connectivity index (χ3v) is 4.46. The van der Waals surface area contributed by atoms with Crippen LogP contribution in [0.15, 0.2) is 0 Å². The first-order chi connectivity index (χ1) is 6.82. The van der Waals surface area contributed by atoms with Gasteiger partial charge in [0.2, 0.25) is 0 Å². The maximum absolute atomic E-state index is 10.9. The average Bonchev–Trinajstić information content (AvgIpc) is 2.15. The van der Waals surface area contributed by atoms with Crippen molar-refractivity contribution >= 4 is 16.1 Å². The highest BCUT2D eigenvalue weighted by molar-refractivity contribution is 7.86. The summed E-state index contributed by atoms with van der Waals surface area (Å²) in [5, 5.41) is 8.03. The predicted molar refractivity (Wildman–Crippen MR) is 54.1 cm³/mol. The molecule has 0 aromatic carbocycles. The van der Waals surface area contributed by atoms with E-state index < -0.39 is 27.3 Å². The van der Waals surface area contributed by atoms with Crippen molar-refractivity contribution < 1.29 is 22.9 Å². The Labute approximate surface area is 89.2 Å². The number of carboxylic acid groups (broad SMARTS) is 1. The molecule has 15 heavy (non-hydrogen) atoms. The van der Waals surface area contributed by atoms with Crippen LogP contribution in [0.5, 0.6) is 0 Å². The fraction of sp³-hybridized carbons (Fsp3) is 0.889. The van der Waals surface area contributed by atoms with Gasteiger partial charge in [-0.25, -0.2) is 0 Å². The van der Waals surface area contributed by atoms with Gasteiger partial charge in [-0.15, -0.1) is 0 Å². The Balaban J connectivity index is 2.68. The van der Waals surface area contributed by atoms with Crippen LogP contribution in [-0.2, 0) is 14.9 Å². The molecule has 1 aliphatic carbocycles. The van der Waals surface area contributed by atoms with Gasteiger partial charge in [-0.05, 0) is 25.2 Å². The van der Waals surface area contributed by atoms with Crippen molar-refractivity contribution in [1.29, 1.82) is 0 Å². The molecule has 3 unspecified atom stereocenters. The lowest BCUT2D eigenvalue weighted by molar-refractivity contribution is -0.143. The second-order valence-electron chi connectivity index (χ2n) is 4.19. The van der Waals surface area contributed by atoms with Gasteiger partial charge in [0.1, 0.15) is 0 Å². The molecular weight excluding hydrogens is 220 g/mol. The molecule has 88 valence electrons. The minimum Gasteiger partial charge on any atom is -0.481 e. The lowest BCUT2D eigenvalue weighted by Crippen LogP contribution is -2.32. The number of hydrogen-bond acceptors (Lipinski definition) is 3. The Bertz CT molecular complexity index is 334. The summed E-state index contributed by atoms with van der Waals surface area (Å²) in [7, 11) is -4.01. The Morgan fingerprint density at radius 1 is 1.40 bits per heavy atom. The van der Waals surface area contributed by atoms with Crippen molar-refractivity contribution in [2.75, 3.05) is 0 Å². The van der Waals surface area contributed by atoms with Crippen LogP contribution >= 0.6 is 0 Å². The van der Waals surface area contributed by atoms with Crippen LogP contribution in [0.4, 0.5) is 0 Å². The Hall–Kier alpha value is -0.620. The second kappa shape index (κ2) is 4.49. The molecule has 1 aliphatic rings. The van der Waals surface area contributed by atoms with E-state index in [1.54, 1.807) is 6.92 Å². The van der Waals surface area contributed by atoms with Gasteiger partial charge in [-0.2, -0.15) is 8.42 Å². The molecule has 6 heteroatoms. The van der Waals surface area contributed by atoms with Gasteiger partial charge in [0.15, 0.2) is 0 Å². The number of aliphatic carboxylic acids is 1. The van der Waals surface area contributed by atoms with E-state index in [0.29, 0.717) is 12.8 Å². The Kier molecular flexibility index (Phi) is 3.72. The molecule has 0 bridgehead atoms. The molecule has 0 spiro atoms. The normalized spacial score (nSPS) is 29.7. The Morgan fingerprint density at radius 2 is 2.00 bits per heavy atom. The SMILES string of the molecule is CC(C(=O)O)C1CCCC(S(=O)(=O)O)C1. The van der Waals surface area contributed by atoms with E-state index in [-0.39, 0.29) is 12.3 Å². The molecule has 1 fully saturated rings. The summed E-state index contributed by atoms with van der Waals surface area (Å²) >= 11 is 0. The lowest BCUT2D eigenvalue weighted by atomic mass is 9.81. The minimum absolute atomic E-state index is 0.150. The highest BCUT2D eigenvalue weighted by atomic mass is 32.2. The van der Waals surface area contributed by atoms with Gasteiger partial charge in [0.05, 0.1) is 11.2 Å². The summed E-state index contributed by atoms with van der Waals surface area (Å²) in [6, 6.07) is 0. The molecule has 0 amide bonds. The minimum atomic E-state index is -4.01. The van der Waals surface area contributed by atoms with Crippen molar-refractivity contribution in [3.8, 4) is 0 Å².